The van der Waals surface area contributed by atoms with Gasteiger partial charge in [0, 0.05) is 30.6 Å². The Labute approximate surface area is 165 Å². The Kier molecular flexibility index (Phi) is 7.82. The van der Waals surface area contributed by atoms with Gasteiger partial charge in [-0.15, -0.1) is 0 Å². The van der Waals surface area contributed by atoms with Gasteiger partial charge in [-0.2, -0.15) is 0 Å². The van der Waals surface area contributed by atoms with Crippen molar-refractivity contribution in [3.05, 3.63) is 70.7 Å². The molecule has 0 aliphatic carbocycles. The monoisotopic (exact) mass is 387 g/mol. The Hall–Kier alpha value is -2.37. The van der Waals surface area contributed by atoms with Gasteiger partial charge in [-0.3, -0.25) is 14.5 Å². The van der Waals surface area contributed by atoms with Crippen molar-refractivity contribution >= 4 is 23.4 Å². The highest BCUT2D eigenvalue weighted by atomic mass is 35.5. The molecule has 0 aliphatic rings. The number of benzene rings is 2. The molecule has 0 aromatic heterocycles. The summed E-state index contributed by atoms with van der Waals surface area (Å²) >= 11 is 6.28. The van der Waals surface area contributed by atoms with E-state index >= 15 is 0 Å². The summed E-state index contributed by atoms with van der Waals surface area (Å²) < 4.78 is 0. The zero-order chi connectivity index (χ0) is 19.8. The molecule has 1 unspecified atom stereocenters. The molecule has 2 N–H and O–H groups in total. The summed E-state index contributed by atoms with van der Waals surface area (Å²) in [5.41, 5.74) is 7.26. The number of halogens is 1. The van der Waals surface area contributed by atoms with E-state index in [9.17, 15) is 9.59 Å². The number of nitrogens with zero attached hydrogens (tertiary/aromatic N) is 2. The van der Waals surface area contributed by atoms with Gasteiger partial charge < -0.3 is 10.6 Å². The molecule has 2 amide bonds. The molecule has 1 atom stereocenters. The summed E-state index contributed by atoms with van der Waals surface area (Å²) in [6, 6.07) is 17.3. The Morgan fingerprint density at radius 2 is 1.70 bits per heavy atom. The number of primary amides is 1. The van der Waals surface area contributed by atoms with Gasteiger partial charge in [0.05, 0.1) is 6.54 Å². The Balaban J connectivity index is 2.07. The summed E-state index contributed by atoms with van der Waals surface area (Å²) in [5.74, 6) is -0.472. The van der Waals surface area contributed by atoms with E-state index in [-0.39, 0.29) is 24.9 Å². The largest absolute Gasteiger partial charge is 0.370 e. The lowest BCUT2D eigenvalue weighted by Crippen LogP contribution is -2.40. The highest BCUT2D eigenvalue weighted by Crippen LogP contribution is 2.26. The number of nitrogens with two attached hydrogens (primary N) is 1. The van der Waals surface area contributed by atoms with E-state index in [0.717, 1.165) is 11.1 Å². The molecule has 0 bridgehead atoms. The van der Waals surface area contributed by atoms with Crippen LogP contribution < -0.4 is 5.73 Å². The van der Waals surface area contributed by atoms with Crippen molar-refractivity contribution in [3.63, 3.8) is 0 Å². The summed E-state index contributed by atoms with van der Waals surface area (Å²) in [6.45, 7) is 2.98. The second-order valence-corrected chi connectivity index (χ2v) is 7.04. The molecule has 0 spiro atoms. The third-order valence-electron chi connectivity index (χ3n) is 4.60. The third-order valence-corrected chi connectivity index (χ3v) is 4.94. The predicted octanol–water partition coefficient (Wildman–Crippen LogP) is 3.24. The molecule has 2 rings (SSSR count). The molecule has 0 radical (unpaired) electrons. The minimum atomic E-state index is -0.418. The van der Waals surface area contributed by atoms with Crippen molar-refractivity contribution in [1.29, 1.82) is 0 Å². The zero-order valence-corrected chi connectivity index (χ0v) is 16.5. The quantitative estimate of drug-likeness (QED) is 0.718. The Morgan fingerprint density at radius 3 is 2.33 bits per heavy atom. The molecule has 0 aliphatic heterocycles. The van der Waals surface area contributed by atoms with Crippen LogP contribution in [-0.2, 0) is 16.1 Å². The van der Waals surface area contributed by atoms with Crippen LogP contribution in [0.25, 0.3) is 0 Å². The molecule has 2 aromatic carbocycles. The van der Waals surface area contributed by atoms with E-state index in [1.807, 2.05) is 73.5 Å². The fourth-order valence-corrected chi connectivity index (χ4v) is 3.14. The normalized spacial score (nSPS) is 12.0. The van der Waals surface area contributed by atoms with Crippen molar-refractivity contribution < 1.29 is 9.59 Å². The van der Waals surface area contributed by atoms with Crippen LogP contribution >= 0.6 is 11.6 Å². The Bertz CT molecular complexity index is 767. The first-order valence-electron chi connectivity index (χ1n) is 8.93. The number of hydrogen-bond donors (Lipinski definition) is 1. The van der Waals surface area contributed by atoms with Gasteiger partial charge in [-0.1, -0.05) is 60.1 Å². The van der Waals surface area contributed by atoms with Crippen molar-refractivity contribution in [3.8, 4) is 0 Å². The lowest BCUT2D eigenvalue weighted by molar-refractivity contribution is -0.133. The molecule has 5 nitrogen and oxygen atoms in total. The maximum Gasteiger partial charge on any atom is 0.237 e. The van der Waals surface area contributed by atoms with E-state index in [4.69, 9.17) is 17.3 Å². The fraction of sp³-hybridized carbons (Fsp3) is 0.333. The molecule has 27 heavy (non-hydrogen) atoms. The van der Waals surface area contributed by atoms with E-state index in [2.05, 4.69) is 0 Å². The van der Waals surface area contributed by atoms with Crippen LogP contribution in [-0.4, -0.2) is 41.8 Å². The topological polar surface area (TPSA) is 66.6 Å². The maximum absolute atomic E-state index is 12.9. The lowest BCUT2D eigenvalue weighted by atomic mass is 10.1. The summed E-state index contributed by atoms with van der Waals surface area (Å²) in [7, 11) is 1.89. The highest BCUT2D eigenvalue weighted by Gasteiger charge is 2.21. The average Bonchev–Trinajstić information content (AvgIpc) is 2.65. The number of carbonyl (C=O) groups is 2. The minimum absolute atomic E-state index is 0.0163. The van der Waals surface area contributed by atoms with Crippen molar-refractivity contribution in [2.75, 3.05) is 20.1 Å². The van der Waals surface area contributed by atoms with Gasteiger partial charge in [-0.05, 0) is 31.2 Å². The third kappa shape index (κ3) is 6.38. The van der Waals surface area contributed by atoms with Gasteiger partial charge in [0.1, 0.15) is 0 Å². The van der Waals surface area contributed by atoms with Gasteiger partial charge in [-0.25, -0.2) is 0 Å². The van der Waals surface area contributed by atoms with E-state index < -0.39 is 5.91 Å². The van der Waals surface area contributed by atoms with Crippen molar-refractivity contribution in [1.82, 2.24) is 9.80 Å². The van der Waals surface area contributed by atoms with Gasteiger partial charge in [0.15, 0.2) is 0 Å². The second-order valence-electron chi connectivity index (χ2n) is 6.63. The number of hydrogen-bond acceptors (Lipinski definition) is 3. The van der Waals surface area contributed by atoms with E-state index in [1.165, 1.54) is 0 Å². The molecular formula is C21H26ClN3O2. The second kappa shape index (κ2) is 10.1. The van der Waals surface area contributed by atoms with Gasteiger partial charge >= 0.3 is 0 Å². The smallest absolute Gasteiger partial charge is 0.237 e. The first-order valence-corrected chi connectivity index (χ1v) is 9.31. The summed E-state index contributed by atoms with van der Waals surface area (Å²) in [5, 5.41) is 0.680. The number of likely N-dealkylation sites (N-methyl/N-ethyl adjacent to an activating group) is 1. The molecule has 0 fully saturated rings. The number of amides is 2. The molecule has 0 heterocycles. The summed E-state index contributed by atoms with van der Waals surface area (Å²) in [4.78, 5) is 27.7. The van der Waals surface area contributed by atoms with E-state index in [0.29, 0.717) is 18.1 Å². The van der Waals surface area contributed by atoms with Gasteiger partial charge in [0.25, 0.3) is 0 Å². The van der Waals surface area contributed by atoms with Crippen LogP contribution in [0, 0.1) is 0 Å². The SMILES string of the molecule is CC(c1ccccc1Cl)N(C)CC(=O)N(CCC(N)=O)Cc1ccccc1. The first-order chi connectivity index (χ1) is 12.9. The fourth-order valence-electron chi connectivity index (χ4n) is 2.84. The van der Waals surface area contributed by atoms with Crippen LogP contribution in [0.15, 0.2) is 54.6 Å². The molecule has 144 valence electrons. The van der Waals surface area contributed by atoms with Crippen LogP contribution in [0.1, 0.15) is 30.5 Å². The molecule has 0 saturated carbocycles. The standard InChI is InChI=1S/C21H26ClN3O2/c1-16(18-10-6-7-11-19(18)22)24(2)15-21(27)25(13-12-20(23)26)14-17-8-4-3-5-9-17/h3-11,16H,12-15H2,1-2H3,(H2,23,26). The highest BCUT2D eigenvalue weighted by molar-refractivity contribution is 6.31. The Morgan fingerprint density at radius 1 is 1.07 bits per heavy atom. The van der Waals surface area contributed by atoms with Gasteiger partial charge in [0.2, 0.25) is 11.8 Å². The van der Waals surface area contributed by atoms with E-state index in [1.54, 1.807) is 4.90 Å². The predicted molar refractivity (Wildman–Crippen MR) is 108 cm³/mol. The van der Waals surface area contributed by atoms with Crippen LogP contribution in [0.5, 0.6) is 0 Å². The lowest BCUT2D eigenvalue weighted by Gasteiger charge is -2.29. The molecule has 6 heteroatoms. The first kappa shape index (κ1) is 20.9. The zero-order valence-electron chi connectivity index (χ0n) is 15.8. The van der Waals surface area contributed by atoms with Crippen LogP contribution in [0.4, 0.5) is 0 Å². The minimum Gasteiger partial charge on any atom is -0.370 e. The molecular weight excluding hydrogens is 362 g/mol. The van der Waals surface area contributed by atoms with Crippen LogP contribution in [0.2, 0.25) is 5.02 Å². The van der Waals surface area contributed by atoms with Crippen molar-refractivity contribution in [2.45, 2.75) is 25.9 Å². The number of rotatable bonds is 9. The van der Waals surface area contributed by atoms with Crippen molar-refractivity contribution in [2.24, 2.45) is 5.73 Å². The van der Waals surface area contributed by atoms with Crippen LogP contribution in [0.3, 0.4) is 0 Å². The average molecular weight is 388 g/mol. The molecule has 2 aromatic rings. The number of carbonyl (C=O) groups excluding carboxylic acids is 2. The maximum atomic E-state index is 12.9. The molecule has 0 saturated heterocycles. The summed E-state index contributed by atoms with van der Waals surface area (Å²) in [6.07, 6.45) is 0.141.